The van der Waals surface area contributed by atoms with Crippen molar-refractivity contribution in [3.8, 4) is 0 Å². The van der Waals surface area contributed by atoms with Gasteiger partial charge in [0, 0.05) is 56.8 Å². The summed E-state index contributed by atoms with van der Waals surface area (Å²) in [4.78, 5) is 21.4. The maximum absolute atomic E-state index is 12.7. The van der Waals surface area contributed by atoms with Crippen molar-refractivity contribution in [2.45, 2.75) is 43.9 Å². The molecule has 1 spiro atoms. The van der Waals surface area contributed by atoms with E-state index >= 15 is 0 Å². The molecule has 3 fully saturated rings. The number of hydrogen-bond donors (Lipinski definition) is 0. The van der Waals surface area contributed by atoms with Gasteiger partial charge < -0.3 is 14.4 Å². The number of ether oxygens (including phenoxy) is 2. The van der Waals surface area contributed by atoms with E-state index in [2.05, 4.69) is 16.0 Å². The number of amides is 1. The van der Waals surface area contributed by atoms with Gasteiger partial charge in [-0.15, -0.1) is 0 Å². The van der Waals surface area contributed by atoms with E-state index in [9.17, 15) is 4.79 Å². The van der Waals surface area contributed by atoms with Crippen LogP contribution in [-0.2, 0) is 20.7 Å². The van der Waals surface area contributed by atoms with E-state index in [4.69, 9.17) is 9.47 Å². The highest BCUT2D eigenvalue weighted by Crippen LogP contribution is 2.32. The third-order valence-electron chi connectivity index (χ3n) is 5.47. The highest BCUT2D eigenvalue weighted by atomic mass is 16.7. The lowest BCUT2D eigenvalue weighted by Gasteiger charge is -2.38. The van der Waals surface area contributed by atoms with E-state index < -0.39 is 5.79 Å². The van der Waals surface area contributed by atoms with Crippen LogP contribution < -0.4 is 0 Å². The first-order valence-electron chi connectivity index (χ1n) is 9.44. The second-order valence-corrected chi connectivity index (χ2v) is 7.26. The summed E-state index contributed by atoms with van der Waals surface area (Å²) in [7, 11) is 0. The average molecular weight is 345 g/mol. The summed E-state index contributed by atoms with van der Waals surface area (Å²) in [5.41, 5.74) is 1.09. The molecule has 1 aromatic heterocycles. The van der Waals surface area contributed by atoms with Crippen molar-refractivity contribution in [2.24, 2.45) is 0 Å². The van der Waals surface area contributed by atoms with E-state index in [-0.39, 0.29) is 5.91 Å². The Hall–Kier alpha value is -1.50. The third-order valence-corrected chi connectivity index (χ3v) is 5.47. The van der Waals surface area contributed by atoms with Crippen LogP contribution in [0.25, 0.3) is 0 Å². The molecular weight excluding hydrogens is 318 g/mol. The molecule has 25 heavy (non-hydrogen) atoms. The average Bonchev–Trinajstić information content (AvgIpc) is 3.40. The summed E-state index contributed by atoms with van der Waals surface area (Å²) in [6.07, 6.45) is 6.72. The van der Waals surface area contributed by atoms with Crippen LogP contribution in [0.5, 0.6) is 0 Å². The Balaban J connectivity index is 1.28. The molecule has 3 aliphatic rings. The lowest BCUT2D eigenvalue weighted by molar-refractivity contribution is -0.187. The van der Waals surface area contributed by atoms with Crippen molar-refractivity contribution in [1.82, 2.24) is 14.8 Å². The highest BCUT2D eigenvalue weighted by molar-refractivity contribution is 5.78. The molecule has 1 aliphatic carbocycles. The molecule has 0 aromatic carbocycles. The predicted molar refractivity (Wildman–Crippen MR) is 93.0 cm³/mol. The minimum absolute atomic E-state index is 0.237. The number of hydrogen-bond acceptors (Lipinski definition) is 5. The number of carbonyl (C=O) groups excluding carboxylic acids is 1. The van der Waals surface area contributed by atoms with Gasteiger partial charge in [-0.3, -0.25) is 14.7 Å². The fraction of sp³-hybridized carbons (Fsp3) is 0.684. The van der Waals surface area contributed by atoms with Gasteiger partial charge in [0.15, 0.2) is 5.79 Å². The minimum atomic E-state index is -0.411. The monoisotopic (exact) mass is 345 g/mol. The molecular formula is C19H27N3O3. The highest BCUT2D eigenvalue weighted by Gasteiger charge is 2.41. The molecule has 1 amide bonds. The number of piperidine rings is 1. The van der Waals surface area contributed by atoms with E-state index in [0.717, 1.165) is 44.6 Å². The minimum Gasteiger partial charge on any atom is -0.347 e. The van der Waals surface area contributed by atoms with Gasteiger partial charge in [0.05, 0.1) is 19.8 Å². The van der Waals surface area contributed by atoms with Crippen molar-refractivity contribution in [1.29, 1.82) is 0 Å². The SMILES string of the molecule is O=C(CN(CCc1ccccn1)C1CC1)N1CCC2(CC1)OCCO2. The summed E-state index contributed by atoms with van der Waals surface area (Å²) in [5.74, 6) is -0.174. The molecule has 0 atom stereocenters. The van der Waals surface area contributed by atoms with Crippen LogP contribution >= 0.6 is 0 Å². The summed E-state index contributed by atoms with van der Waals surface area (Å²) in [6.45, 7) is 4.24. The van der Waals surface area contributed by atoms with Crippen LogP contribution in [0.3, 0.4) is 0 Å². The fourth-order valence-corrected chi connectivity index (χ4v) is 3.79. The lowest BCUT2D eigenvalue weighted by atomic mass is 10.0. The first-order valence-corrected chi connectivity index (χ1v) is 9.44. The van der Waals surface area contributed by atoms with Crippen LogP contribution in [0.1, 0.15) is 31.4 Å². The van der Waals surface area contributed by atoms with E-state index in [0.29, 0.717) is 25.8 Å². The number of likely N-dealkylation sites (tertiary alicyclic amines) is 1. The largest absolute Gasteiger partial charge is 0.347 e. The summed E-state index contributed by atoms with van der Waals surface area (Å²) in [6, 6.07) is 6.59. The first kappa shape index (κ1) is 16.9. The third kappa shape index (κ3) is 4.19. The smallest absolute Gasteiger partial charge is 0.236 e. The topological polar surface area (TPSA) is 54.9 Å². The van der Waals surface area contributed by atoms with E-state index in [1.165, 1.54) is 12.8 Å². The van der Waals surface area contributed by atoms with E-state index in [1.54, 1.807) is 0 Å². The normalized spacial score (nSPS) is 22.7. The zero-order chi connectivity index (χ0) is 17.1. The van der Waals surface area contributed by atoms with Gasteiger partial charge in [-0.2, -0.15) is 0 Å². The van der Waals surface area contributed by atoms with Crippen LogP contribution in [0, 0.1) is 0 Å². The molecule has 4 rings (SSSR count). The van der Waals surface area contributed by atoms with Crippen LogP contribution in [0.4, 0.5) is 0 Å². The number of rotatable bonds is 6. The fourth-order valence-electron chi connectivity index (χ4n) is 3.79. The number of pyridine rings is 1. The van der Waals surface area contributed by atoms with Crippen LogP contribution in [0.2, 0.25) is 0 Å². The molecule has 1 saturated carbocycles. The standard InChI is InChI=1S/C19H27N3O3/c23-18(21-11-7-19(8-12-21)24-13-14-25-19)15-22(17-4-5-17)10-6-16-3-1-2-9-20-16/h1-3,9,17H,4-8,10-15H2. The van der Waals surface area contributed by atoms with Gasteiger partial charge in [-0.05, 0) is 25.0 Å². The molecule has 0 bridgehead atoms. The maximum Gasteiger partial charge on any atom is 0.236 e. The maximum atomic E-state index is 12.7. The Morgan fingerprint density at radius 2 is 2.00 bits per heavy atom. The molecule has 2 saturated heterocycles. The molecule has 0 N–H and O–H groups in total. The quantitative estimate of drug-likeness (QED) is 0.781. The number of aromatic nitrogens is 1. The molecule has 6 nitrogen and oxygen atoms in total. The molecule has 1 aromatic rings. The van der Waals surface area contributed by atoms with Gasteiger partial charge in [-0.25, -0.2) is 0 Å². The molecule has 136 valence electrons. The van der Waals surface area contributed by atoms with Gasteiger partial charge >= 0.3 is 0 Å². The zero-order valence-corrected chi connectivity index (χ0v) is 14.7. The predicted octanol–water partition coefficient (Wildman–Crippen LogP) is 1.45. The summed E-state index contributed by atoms with van der Waals surface area (Å²) < 4.78 is 11.5. The van der Waals surface area contributed by atoms with Gasteiger partial charge in [0.1, 0.15) is 0 Å². The number of nitrogens with zero attached hydrogens (tertiary/aromatic N) is 3. The zero-order valence-electron chi connectivity index (χ0n) is 14.7. The summed E-state index contributed by atoms with van der Waals surface area (Å²) >= 11 is 0. The molecule has 3 heterocycles. The van der Waals surface area contributed by atoms with E-state index in [1.807, 2.05) is 23.2 Å². The van der Waals surface area contributed by atoms with Crippen molar-refractivity contribution in [3.05, 3.63) is 30.1 Å². The Labute approximate surface area is 149 Å². The van der Waals surface area contributed by atoms with Gasteiger partial charge in [0.25, 0.3) is 0 Å². The second kappa shape index (κ2) is 7.40. The van der Waals surface area contributed by atoms with Crippen molar-refractivity contribution < 1.29 is 14.3 Å². The molecule has 0 unspecified atom stereocenters. The second-order valence-electron chi connectivity index (χ2n) is 7.26. The lowest BCUT2D eigenvalue weighted by Crippen LogP contribution is -2.50. The van der Waals surface area contributed by atoms with Crippen LogP contribution in [0.15, 0.2) is 24.4 Å². The number of carbonyl (C=O) groups is 1. The van der Waals surface area contributed by atoms with Crippen molar-refractivity contribution >= 4 is 5.91 Å². The van der Waals surface area contributed by atoms with Crippen LogP contribution in [-0.4, -0.2) is 71.9 Å². The Morgan fingerprint density at radius 3 is 2.64 bits per heavy atom. The summed E-state index contributed by atoms with van der Waals surface area (Å²) in [5, 5.41) is 0. The Kier molecular flexibility index (Phi) is 5.01. The van der Waals surface area contributed by atoms with Crippen molar-refractivity contribution in [3.63, 3.8) is 0 Å². The van der Waals surface area contributed by atoms with Gasteiger partial charge in [-0.1, -0.05) is 6.07 Å². The first-order chi connectivity index (χ1) is 12.2. The van der Waals surface area contributed by atoms with Gasteiger partial charge in [0.2, 0.25) is 5.91 Å². The molecule has 0 radical (unpaired) electrons. The van der Waals surface area contributed by atoms with Crippen molar-refractivity contribution in [2.75, 3.05) is 39.4 Å². The molecule has 2 aliphatic heterocycles. The Morgan fingerprint density at radius 1 is 1.24 bits per heavy atom. The Bertz CT molecular complexity index is 575. The molecule has 6 heteroatoms.